The van der Waals surface area contributed by atoms with Gasteiger partial charge in [-0.1, -0.05) is 11.6 Å². The molecule has 1 aliphatic rings. The minimum atomic E-state index is 0.424. The molecule has 70 valence electrons. The molecule has 0 amide bonds. The van der Waals surface area contributed by atoms with Crippen molar-refractivity contribution < 1.29 is 0 Å². The van der Waals surface area contributed by atoms with E-state index in [4.69, 9.17) is 17.3 Å². The highest BCUT2D eigenvalue weighted by Crippen LogP contribution is 2.29. The van der Waals surface area contributed by atoms with Crippen molar-refractivity contribution >= 4 is 17.4 Å². The summed E-state index contributed by atoms with van der Waals surface area (Å²) >= 11 is 6.01. The molecule has 0 aromatic carbocycles. The summed E-state index contributed by atoms with van der Waals surface area (Å²) < 4.78 is 0. The summed E-state index contributed by atoms with van der Waals surface area (Å²) in [6, 6.07) is 4.12. The highest BCUT2D eigenvalue weighted by atomic mass is 35.5. The molecule has 4 heteroatoms. The number of hydrogen-bond donors (Lipinski definition) is 1. The normalized spacial score (nSPS) is 21.4. The molecule has 1 aliphatic heterocycles. The Morgan fingerprint density at radius 2 is 2.54 bits per heavy atom. The van der Waals surface area contributed by atoms with Crippen LogP contribution >= 0.6 is 11.6 Å². The van der Waals surface area contributed by atoms with Gasteiger partial charge >= 0.3 is 0 Å². The SMILES string of the molecule is NCC1CCN1c1ncccc1Cl. The number of anilines is 1. The van der Waals surface area contributed by atoms with Crippen molar-refractivity contribution in [2.75, 3.05) is 18.0 Å². The van der Waals surface area contributed by atoms with Gasteiger partial charge in [0.2, 0.25) is 0 Å². The fourth-order valence-corrected chi connectivity index (χ4v) is 1.78. The zero-order chi connectivity index (χ0) is 9.26. The first kappa shape index (κ1) is 8.78. The van der Waals surface area contributed by atoms with Gasteiger partial charge in [0, 0.05) is 25.3 Å². The Balaban J connectivity index is 2.21. The average Bonchev–Trinajstić information content (AvgIpc) is 2.08. The second-order valence-corrected chi connectivity index (χ2v) is 3.59. The van der Waals surface area contributed by atoms with E-state index in [9.17, 15) is 0 Å². The lowest BCUT2D eigenvalue weighted by Crippen LogP contribution is -2.52. The lowest BCUT2D eigenvalue weighted by molar-refractivity contribution is 0.452. The molecule has 0 aliphatic carbocycles. The molecule has 1 aromatic heterocycles. The van der Waals surface area contributed by atoms with E-state index in [0.29, 0.717) is 17.6 Å². The number of nitrogens with zero attached hydrogens (tertiary/aromatic N) is 2. The van der Waals surface area contributed by atoms with E-state index >= 15 is 0 Å². The molecule has 2 heterocycles. The molecular formula is C9H12ClN3. The van der Waals surface area contributed by atoms with Gasteiger partial charge in [0.15, 0.2) is 0 Å². The van der Waals surface area contributed by atoms with Crippen molar-refractivity contribution in [2.45, 2.75) is 12.5 Å². The van der Waals surface area contributed by atoms with E-state index < -0.39 is 0 Å². The Bertz CT molecular complexity index is 301. The molecule has 2 rings (SSSR count). The van der Waals surface area contributed by atoms with Crippen molar-refractivity contribution in [3.05, 3.63) is 23.4 Å². The number of hydrogen-bond acceptors (Lipinski definition) is 3. The number of aromatic nitrogens is 1. The van der Waals surface area contributed by atoms with Gasteiger partial charge in [0.1, 0.15) is 5.82 Å². The number of nitrogens with two attached hydrogens (primary N) is 1. The summed E-state index contributed by atoms with van der Waals surface area (Å²) in [5, 5.41) is 0.709. The van der Waals surface area contributed by atoms with Crippen molar-refractivity contribution in [3.63, 3.8) is 0 Å². The molecular weight excluding hydrogens is 186 g/mol. The average molecular weight is 198 g/mol. The first-order valence-electron chi connectivity index (χ1n) is 4.40. The first-order chi connectivity index (χ1) is 6.33. The summed E-state index contributed by atoms with van der Waals surface area (Å²) in [5.74, 6) is 0.867. The molecule has 3 nitrogen and oxygen atoms in total. The van der Waals surface area contributed by atoms with Gasteiger partial charge < -0.3 is 10.6 Å². The van der Waals surface area contributed by atoms with E-state index in [0.717, 1.165) is 18.8 Å². The van der Waals surface area contributed by atoms with E-state index in [-0.39, 0.29) is 0 Å². The highest BCUT2D eigenvalue weighted by Gasteiger charge is 2.28. The van der Waals surface area contributed by atoms with E-state index in [1.165, 1.54) is 0 Å². The molecule has 0 saturated carbocycles. The zero-order valence-corrected chi connectivity index (χ0v) is 8.04. The minimum absolute atomic E-state index is 0.424. The van der Waals surface area contributed by atoms with Gasteiger partial charge in [-0.2, -0.15) is 0 Å². The smallest absolute Gasteiger partial charge is 0.147 e. The number of halogens is 1. The molecule has 1 aromatic rings. The molecule has 1 unspecified atom stereocenters. The van der Waals surface area contributed by atoms with Crippen LogP contribution in [0.1, 0.15) is 6.42 Å². The third-order valence-corrected chi connectivity index (χ3v) is 2.72. The van der Waals surface area contributed by atoms with Crippen molar-refractivity contribution in [2.24, 2.45) is 5.73 Å². The standard InChI is InChI=1S/C9H12ClN3/c10-8-2-1-4-12-9(8)13-5-3-7(13)6-11/h1-2,4,7H,3,5-6,11H2. The van der Waals surface area contributed by atoms with Crippen LogP contribution in [0.2, 0.25) is 5.02 Å². The zero-order valence-electron chi connectivity index (χ0n) is 7.28. The quantitative estimate of drug-likeness (QED) is 0.777. The maximum absolute atomic E-state index is 6.01. The third-order valence-electron chi connectivity index (χ3n) is 2.43. The minimum Gasteiger partial charge on any atom is -0.351 e. The fourth-order valence-electron chi connectivity index (χ4n) is 1.55. The maximum Gasteiger partial charge on any atom is 0.147 e. The third kappa shape index (κ3) is 1.49. The molecule has 1 fully saturated rings. The lowest BCUT2D eigenvalue weighted by atomic mass is 10.0. The van der Waals surface area contributed by atoms with E-state index in [1.54, 1.807) is 6.20 Å². The summed E-state index contributed by atoms with van der Waals surface area (Å²) in [6.07, 6.45) is 2.90. The summed E-state index contributed by atoms with van der Waals surface area (Å²) in [6.45, 7) is 1.69. The van der Waals surface area contributed by atoms with Crippen LogP contribution in [0.5, 0.6) is 0 Å². The maximum atomic E-state index is 6.01. The molecule has 0 radical (unpaired) electrons. The Kier molecular flexibility index (Phi) is 2.38. The Morgan fingerprint density at radius 1 is 1.69 bits per heavy atom. The molecule has 13 heavy (non-hydrogen) atoms. The monoisotopic (exact) mass is 197 g/mol. The van der Waals surface area contributed by atoms with Crippen LogP contribution in [0.4, 0.5) is 5.82 Å². The van der Waals surface area contributed by atoms with E-state index in [2.05, 4.69) is 9.88 Å². The summed E-state index contributed by atoms with van der Waals surface area (Å²) in [4.78, 5) is 6.39. The number of rotatable bonds is 2. The van der Waals surface area contributed by atoms with Crippen LogP contribution in [0.15, 0.2) is 18.3 Å². The lowest BCUT2D eigenvalue weighted by Gasteiger charge is -2.41. The van der Waals surface area contributed by atoms with Crippen molar-refractivity contribution in [1.82, 2.24) is 4.98 Å². The van der Waals surface area contributed by atoms with Gasteiger partial charge in [-0.15, -0.1) is 0 Å². The largest absolute Gasteiger partial charge is 0.351 e. The molecule has 0 bridgehead atoms. The predicted molar refractivity (Wildman–Crippen MR) is 54.1 cm³/mol. The topological polar surface area (TPSA) is 42.1 Å². The van der Waals surface area contributed by atoms with E-state index in [1.807, 2.05) is 12.1 Å². The van der Waals surface area contributed by atoms with Crippen molar-refractivity contribution in [3.8, 4) is 0 Å². The molecule has 1 saturated heterocycles. The first-order valence-corrected chi connectivity index (χ1v) is 4.78. The highest BCUT2D eigenvalue weighted by molar-refractivity contribution is 6.32. The van der Waals surface area contributed by atoms with Gasteiger partial charge in [-0.05, 0) is 18.6 Å². The van der Waals surface area contributed by atoms with Crippen molar-refractivity contribution in [1.29, 1.82) is 0 Å². The number of pyridine rings is 1. The Morgan fingerprint density at radius 3 is 3.08 bits per heavy atom. The molecule has 0 spiro atoms. The second-order valence-electron chi connectivity index (χ2n) is 3.18. The van der Waals surface area contributed by atoms with Gasteiger partial charge in [-0.3, -0.25) is 0 Å². The van der Waals surface area contributed by atoms with Crippen LogP contribution in [-0.4, -0.2) is 24.1 Å². The fraction of sp³-hybridized carbons (Fsp3) is 0.444. The van der Waals surface area contributed by atoms with Crippen LogP contribution in [-0.2, 0) is 0 Å². The molecule has 1 atom stereocenters. The van der Waals surface area contributed by atoms with Gasteiger partial charge in [0.05, 0.1) is 5.02 Å². The van der Waals surface area contributed by atoms with Crippen LogP contribution in [0.3, 0.4) is 0 Å². The van der Waals surface area contributed by atoms with Gasteiger partial charge in [-0.25, -0.2) is 4.98 Å². The van der Waals surface area contributed by atoms with Crippen LogP contribution < -0.4 is 10.6 Å². The van der Waals surface area contributed by atoms with Crippen LogP contribution in [0.25, 0.3) is 0 Å². The Hall–Kier alpha value is -0.800. The summed E-state index contributed by atoms with van der Waals surface area (Å²) in [7, 11) is 0. The second kappa shape index (κ2) is 3.52. The Labute approximate surface area is 82.5 Å². The van der Waals surface area contributed by atoms with Gasteiger partial charge in [0.25, 0.3) is 0 Å². The summed E-state index contributed by atoms with van der Waals surface area (Å²) in [5.41, 5.74) is 5.60. The molecule has 2 N–H and O–H groups in total. The van der Waals surface area contributed by atoms with Crippen LogP contribution in [0, 0.1) is 0 Å². The predicted octanol–water partition coefficient (Wildman–Crippen LogP) is 1.27.